The van der Waals surface area contributed by atoms with Crippen molar-refractivity contribution in [3.63, 3.8) is 0 Å². The molecule has 1 fully saturated rings. The summed E-state index contributed by atoms with van der Waals surface area (Å²) < 4.78 is 5.32. The van der Waals surface area contributed by atoms with E-state index in [0.29, 0.717) is 22.4 Å². The highest BCUT2D eigenvalue weighted by atomic mass is 35.5. The van der Waals surface area contributed by atoms with Gasteiger partial charge in [0.25, 0.3) is 5.89 Å². The first-order chi connectivity index (χ1) is 9.74. The van der Waals surface area contributed by atoms with Crippen molar-refractivity contribution < 1.29 is 9.63 Å². The van der Waals surface area contributed by atoms with E-state index in [-0.39, 0.29) is 5.75 Å². The van der Waals surface area contributed by atoms with Crippen LogP contribution in [0.2, 0.25) is 5.02 Å². The number of benzene rings is 1. The number of halogens is 1. The summed E-state index contributed by atoms with van der Waals surface area (Å²) >= 11 is 6.11. The second kappa shape index (κ2) is 5.83. The third-order valence-electron chi connectivity index (χ3n) is 3.84. The summed E-state index contributed by atoms with van der Waals surface area (Å²) in [7, 11) is 0. The topological polar surface area (TPSA) is 59.2 Å². The minimum absolute atomic E-state index is 0.138. The van der Waals surface area contributed by atoms with E-state index in [1.54, 1.807) is 12.1 Å². The van der Waals surface area contributed by atoms with Crippen molar-refractivity contribution >= 4 is 11.6 Å². The van der Waals surface area contributed by atoms with Crippen LogP contribution in [0.3, 0.4) is 0 Å². The maximum Gasteiger partial charge on any atom is 0.259 e. The van der Waals surface area contributed by atoms with Crippen molar-refractivity contribution in [3.05, 3.63) is 29.0 Å². The van der Waals surface area contributed by atoms with Crippen LogP contribution in [0.1, 0.15) is 50.3 Å². The fourth-order valence-corrected chi connectivity index (χ4v) is 2.92. The van der Waals surface area contributed by atoms with Crippen LogP contribution in [0.25, 0.3) is 11.5 Å². The van der Waals surface area contributed by atoms with Gasteiger partial charge in [-0.05, 0) is 31.0 Å². The van der Waals surface area contributed by atoms with Crippen LogP contribution >= 0.6 is 11.6 Å². The average molecular weight is 293 g/mol. The molecule has 0 saturated heterocycles. The maximum absolute atomic E-state index is 9.54. The molecule has 3 rings (SSSR count). The molecule has 0 bridgehead atoms. The number of phenolic OH excluding ortho intramolecular Hbond substituents is 1. The van der Waals surface area contributed by atoms with Gasteiger partial charge in [-0.1, -0.05) is 42.4 Å². The fourth-order valence-electron chi connectivity index (χ4n) is 2.72. The zero-order chi connectivity index (χ0) is 13.9. The van der Waals surface area contributed by atoms with Crippen molar-refractivity contribution in [1.29, 1.82) is 0 Å². The van der Waals surface area contributed by atoms with E-state index in [4.69, 9.17) is 16.1 Å². The lowest BCUT2D eigenvalue weighted by molar-refractivity contribution is 0.409. The minimum Gasteiger partial charge on any atom is -0.508 e. The van der Waals surface area contributed by atoms with Gasteiger partial charge in [-0.15, -0.1) is 0 Å². The molecule has 1 aromatic carbocycles. The van der Waals surface area contributed by atoms with Crippen LogP contribution in [0.4, 0.5) is 0 Å². The molecule has 0 atom stereocenters. The summed E-state index contributed by atoms with van der Waals surface area (Å²) in [6.45, 7) is 0. The Morgan fingerprint density at radius 3 is 2.65 bits per heavy atom. The maximum atomic E-state index is 9.54. The minimum atomic E-state index is 0.138. The number of phenols is 1. The highest BCUT2D eigenvalue weighted by Crippen LogP contribution is 2.33. The van der Waals surface area contributed by atoms with E-state index in [0.717, 1.165) is 18.7 Å². The summed E-state index contributed by atoms with van der Waals surface area (Å²) in [6, 6.07) is 4.71. The molecule has 1 saturated carbocycles. The predicted molar refractivity (Wildman–Crippen MR) is 76.9 cm³/mol. The van der Waals surface area contributed by atoms with E-state index in [9.17, 15) is 5.11 Å². The molecule has 106 valence electrons. The van der Waals surface area contributed by atoms with Gasteiger partial charge in [-0.3, -0.25) is 0 Å². The fraction of sp³-hybridized carbons (Fsp3) is 0.467. The lowest BCUT2D eigenvalue weighted by atomic mass is 10.00. The monoisotopic (exact) mass is 292 g/mol. The lowest BCUT2D eigenvalue weighted by Gasteiger charge is -2.07. The zero-order valence-electron chi connectivity index (χ0n) is 11.2. The summed E-state index contributed by atoms with van der Waals surface area (Å²) in [5, 5.41) is 14.1. The third-order valence-corrected chi connectivity index (χ3v) is 4.17. The van der Waals surface area contributed by atoms with Gasteiger partial charge in [-0.2, -0.15) is 4.98 Å². The van der Waals surface area contributed by atoms with Crippen LogP contribution in [-0.4, -0.2) is 15.2 Å². The molecule has 1 aliphatic carbocycles. The van der Waals surface area contributed by atoms with Crippen molar-refractivity contribution in [2.24, 2.45) is 0 Å². The first-order valence-electron chi connectivity index (χ1n) is 7.06. The predicted octanol–water partition coefficient (Wildman–Crippen LogP) is 4.53. The van der Waals surface area contributed by atoms with Crippen molar-refractivity contribution in [2.75, 3.05) is 0 Å². The average Bonchev–Trinajstić information content (AvgIpc) is 2.77. The molecule has 0 amide bonds. The van der Waals surface area contributed by atoms with Crippen LogP contribution in [0, 0.1) is 0 Å². The summed E-state index contributed by atoms with van der Waals surface area (Å²) in [4.78, 5) is 4.47. The largest absolute Gasteiger partial charge is 0.508 e. The standard InChI is InChI=1S/C15H17ClN2O2/c16-13-8-7-11(19)9-12(13)15-17-14(18-20-15)10-5-3-1-2-4-6-10/h7-10,19H,1-6H2. The van der Waals surface area contributed by atoms with Crippen molar-refractivity contribution in [1.82, 2.24) is 10.1 Å². The molecule has 20 heavy (non-hydrogen) atoms. The Balaban J connectivity index is 1.87. The number of aromatic nitrogens is 2. The van der Waals surface area contributed by atoms with Crippen LogP contribution in [0.15, 0.2) is 22.7 Å². The lowest BCUT2D eigenvalue weighted by Crippen LogP contribution is -1.99. The van der Waals surface area contributed by atoms with Gasteiger partial charge in [0.05, 0.1) is 10.6 Å². The molecule has 0 spiro atoms. The molecule has 1 N–H and O–H groups in total. The Hall–Kier alpha value is -1.55. The second-order valence-electron chi connectivity index (χ2n) is 5.31. The number of hydrogen-bond donors (Lipinski definition) is 1. The van der Waals surface area contributed by atoms with Crippen molar-refractivity contribution in [2.45, 2.75) is 44.4 Å². The van der Waals surface area contributed by atoms with Gasteiger partial charge >= 0.3 is 0 Å². The van der Waals surface area contributed by atoms with E-state index in [2.05, 4.69) is 10.1 Å². The van der Waals surface area contributed by atoms with Crippen LogP contribution < -0.4 is 0 Å². The molecular formula is C15H17ClN2O2. The molecule has 0 radical (unpaired) electrons. The molecule has 1 aromatic heterocycles. The molecule has 1 heterocycles. The summed E-state index contributed by atoms with van der Waals surface area (Å²) in [5.41, 5.74) is 0.582. The van der Waals surface area contributed by atoms with E-state index < -0.39 is 0 Å². The highest BCUT2D eigenvalue weighted by Gasteiger charge is 2.21. The molecule has 0 aliphatic heterocycles. The Kier molecular flexibility index (Phi) is 3.92. The molecule has 5 heteroatoms. The van der Waals surface area contributed by atoms with Crippen molar-refractivity contribution in [3.8, 4) is 17.2 Å². The quantitative estimate of drug-likeness (QED) is 0.826. The summed E-state index contributed by atoms with van der Waals surface area (Å²) in [6.07, 6.45) is 7.27. The zero-order valence-corrected chi connectivity index (χ0v) is 11.9. The SMILES string of the molecule is Oc1ccc(Cl)c(-c2nc(C3CCCCCC3)no2)c1. The number of hydrogen-bond acceptors (Lipinski definition) is 4. The van der Waals surface area contributed by atoms with Gasteiger partial charge in [-0.25, -0.2) is 0 Å². The van der Waals surface area contributed by atoms with E-state index in [1.165, 1.54) is 31.7 Å². The van der Waals surface area contributed by atoms with Crippen LogP contribution in [0.5, 0.6) is 5.75 Å². The molecule has 2 aromatic rings. The van der Waals surface area contributed by atoms with Gasteiger partial charge < -0.3 is 9.63 Å². The Bertz CT molecular complexity index is 589. The first-order valence-corrected chi connectivity index (χ1v) is 7.44. The molecule has 4 nitrogen and oxygen atoms in total. The Morgan fingerprint density at radius 2 is 1.90 bits per heavy atom. The van der Waals surface area contributed by atoms with Gasteiger partial charge in [0.1, 0.15) is 5.75 Å². The van der Waals surface area contributed by atoms with Gasteiger partial charge in [0, 0.05) is 5.92 Å². The first kappa shape index (κ1) is 13.4. The smallest absolute Gasteiger partial charge is 0.259 e. The normalized spacial score (nSPS) is 17.1. The van der Waals surface area contributed by atoms with E-state index >= 15 is 0 Å². The summed E-state index contributed by atoms with van der Waals surface area (Å²) in [5.74, 6) is 1.66. The second-order valence-corrected chi connectivity index (χ2v) is 5.72. The Labute approximate surface area is 122 Å². The molecule has 1 aliphatic rings. The van der Waals surface area contributed by atoms with E-state index in [1.807, 2.05) is 0 Å². The third kappa shape index (κ3) is 2.80. The van der Waals surface area contributed by atoms with Crippen LogP contribution in [-0.2, 0) is 0 Å². The van der Waals surface area contributed by atoms with Gasteiger partial charge in [0.15, 0.2) is 5.82 Å². The number of aromatic hydroxyl groups is 1. The highest BCUT2D eigenvalue weighted by molar-refractivity contribution is 6.33. The number of rotatable bonds is 2. The van der Waals surface area contributed by atoms with Gasteiger partial charge in [0.2, 0.25) is 0 Å². The Morgan fingerprint density at radius 1 is 1.15 bits per heavy atom. The number of nitrogens with zero attached hydrogens (tertiary/aromatic N) is 2. The molecule has 0 unspecified atom stereocenters. The molecular weight excluding hydrogens is 276 g/mol.